The Kier molecular flexibility index (Phi) is 7.04. The molecule has 0 radical (unpaired) electrons. The number of hydrogen-bond donors (Lipinski definition) is 2. The van der Waals surface area contributed by atoms with Crippen LogP contribution in [-0.2, 0) is 17.6 Å². The third kappa shape index (κ3) is 5.23. The highest BCUT2D eigenvalue weighted by atomic mass is 32.1. The molecule has 0 aliphatic rings. The van der Waals surface area contributed by atoms with E-state index in [0.717, 1.165) is 23.3 Å². The quantitative estimate of drug-likeness (QED) is 0.340. The molecule has 2 aromatic heterocycles. The van der Waals surface area contributed by atoms with Gasteiger partial charge < -0.3 is 19.9 Å². The zero-order valence-corrected chi connectivity index (χ0v) is 19.3. The van der Waals surface area contributed by atoms with Gasteiger partial charge in [0.25, 0.3) is 0 Å². The molecule has 0 bridgehead atoms. The van der Waals surface area contributed by atoms with Gasteiger partial charge in [-0.3, -0.25) is 4.79 Å². The van der Waals surface area contributed by atoms with Gasteiger partial charge >= 0.3 is 5.97 Å². The Morgan fingerprint density at radius 3 is 2.82 bits per heavy atom. The Morgan fingerprint density at radius 2 is 2.03 bits per heavy atom. The number of aliphatic carboxylic acids is 1. The van der Waals surface area contributed by atoms with Gasteiger partial charge in [-0.25, -0.2) is 9.97 Å². The van der Waals surface area contributed by atoms with Crippen molar-refractivity contribution < 1.29 is 19.4 Å². The first-order valence-electron chi connectivity index (χ1n) is 10.7. The first-order chi connectivity index (χ1) is 16.1. The molecule has 8 heteroatoms. The summed E-state index contributed by atoms with van der Waals surface area (Å²) in [6.07, 6.45) is 2.15. The molecule has 4 aromatic rings. The van der Waals surface area contributed by atoms with Crippen molar-refractivity contribution >= 4 is 33.2 Å². The molecule has 0 amide bonds. The number of para-hydroxylation sites is 1. The molecule has 0 fully saturated rings. The molecular formula is C25H25N3O4S. The SMILES string of the molecule is CCOc1c(CC(=O)O)cccc1-c1cc(NCCc2cc3ccsc3cc2OC)ncn1. The number of fused-ring (bicyclic) bond motifs is 1. The molecule has 2 heterocycles. The van der Waals surface area contributed by atoms with Gasteiger partial charge in [-0.05, 0) is 53.9 Å². The summed E-state index contributed by atoms with van der Waals surface area (Å²) in [6, 6.07) is 13.7. The second-order valence-corrected chi connectivity index (χ2v) is 8.33. The van der Waals surface area contributed by atoms with Gasteiger partial charge in [-0.15, -0.1) is 11.3 Å². The third-order valence-corrected chi connectivity index (χ3v) is 6.11. The monoisotopic (exact) mass is 463 g/mol. The van der Waals surface area contributed by atoms with E-state index in [2.05, 4.69) is 38.9 Å². The van der Waals surface area contributed by atoms with Crippen LogP contribution in [0.25, 0.3) is 21.3 Å². The lowest BCUT2D eigenvalue weighted by Crippen LogP contribution is -2.08. The highest BCUT2D eigenvalue weighted by molar-refractivity contribution is 7.17. The van der Waals surface area contributed by atoms with Crippen LogP contribution in [0.15, 0.2) is 54.2 Å². The molecule has 2 N–H and O–H groups in total. The predicted octanol–water partition coefficient (Wildman–Crippen LogP) is 5.05. The van der Waals surface area contributed by atoms with Gasteiger partial charge in [0, 0.05) is 28.4 Å². The van der Waals surface area contributed by atoms with Crippen LogP contribution in [0.4, 0.5) is 5.82 Å². The van der Waals surface area contributed by atoms with E-state index in [1.807, 2.05) is 25.1 Å². The fraction of sp³-hybridized carbons (Fsp3) is 0.240. The largest absolute Gasteiger partial charge is 0.496 e. The Labute approximate surface area is 196 Å². The van der Waals surface area contributed by atoms with Crippen LogP contribution in [0.1, 0.15) is 18.1 Å². The molecule has 0 unspecified atom stereocenters. The molecule has 0 saturated carbocycles. The van der Waals surface area contributed by atoms with Crippen molar-refractivity contribution in [2.75, 3.05) is 25.6 Å². The zero-order chi connectivity index (χ0) is 23.2. The number of thiophene rings is 1. The molecule has 0 aliphatic heterocycles. The van der Waals surface area contributed by atoms with E-state index in [1.165, 1.54) is 16.4 Å². The van der Waals surface area contributed by atoms with Crippen molar-refractivity contribution in [1.82, 2.24) is 9.97 Å². The van der Waals surface area contributed by atoms with Crippen LogP contribution >= 0.6 is 11.3 Å². The minimum absolute atomic E-state index is 0.115. The smallest absolute Gasteiger partial charge is 0.307 e. The van der Waals surface area contributed by atoms with Gasteiger partial charge in [0.1, 0.15) is 23.6 Å². The lowest BCUT2D eigenvalue weighted by atomic mass is 10.0. The predicted molar refractivity (Wildman–Crippen MR) is 131 cm³/mol. The van der Waals surface area contributed by atoms with E-state index in [1.54, 1.807) is 24.5 Å². The fourth-order valence-corrected chi connectivity index (χ4v) is 4.55. The number of hydrogen-bond acceptors (Lipinski definition) is 7. The number of rotatable bonds is 10. The minimum atomic E-state index is -0.908. The van der Waals surface area contributed by atoms with Crippen LogP contribution in [-0.4, -0.2) is 41.3 Å². The summed E-state index contributed by atoms with van der Waals surface area (Å²) in [6.45, 7) is 2.96. The highest BCUT2D eigenvalue weighted by Crippen LogP contribution is 2.33. The zero-order valence-electron chi connectivity index (χ0n) is 18.5. The standard InChI is InChI=1S/C25H25N3O4S/c1-3-32-25-18(12-24(29)30)5-4-6-19(25)20-13-23(28-15-27-20)26-9-7-16-11-17-8-10-33-22(17)14-21(16)31-2/h4-6,8,10-11,13-15H,3,7,9,12H2,1-2H3,(H,29,30)(H,26,27,28). The summed E-state index contributed by atoms with van der Waals surface area (Å²) < 4.78 is 12.6. The normalized spacial score (nSPS) is 10.8. The average molecular weight is 464 g/mol. The molecule has 0 spiro atoms. The second-order valence-electron chi connectivity index (χ2n) is 7.39. The van der Waals surface area contributed by atoms with Crippen molar-refractivity contribution in [3.63, 3.8) is 0 Å². The van der Waals surface area contributed by atoms with E-state index in [4.69, 9.17) is 9.47 Å². The molecule has 0 saturated heterocycles. The maximum Gasteiger partial charge on any atom is 0.307 e. The van der Waals surface area contributed by atoms with Crippen molar-refractivity contribution in [1.29, 1.82) is 0 Å². The number of anilines is 1. The number of ether oxygens (including phenoxy) is 2. The average Bonchev–Trinajstić information content (AvgIpc) is 3.27. The van der Waals surface area contributed by atoms with Gasteiger partial charge in [-0.1, -0.05) is 12.1 Å². The number of carbonyl (C=O) groups is 1. The van der Waals surface area contributed by atoms with Gasteiger partial charge in [0.2, 0.25) is 0 Å². The van der Waals surface area contributed by atoms with E-state index < -0.39 is 5.97 Å². The number of aromatic nitrogens is 2. The molecule has 2 aromatic carbocycles. The first-order valence-corrected chi connectivity index (χ1v) is 11.5. The summed E-state index contributed by atoms with van der Waals surface area (Å²) in [7, 11) is 1.69. The van der Waals surface area contributed by atoms with Gasteiger partial charge in [0.05, 0.1) is 25.8 Å². The molecule has 0 atom stereocenters. The molecule has 33 heavy (non-hydrogen) atoms. The summed E-state index contributed by atoms with van der Waals surface area (Å²) in [4.78, 5) is 20.0. The highest BCUT2D eigenvalue weighted by Gasteiger charge is 2.15. The van der Waals surface area contributed by atoms with Crippen LogP contribution in [0.3, 0.4) is 0 Å². The Morgan fingerprint density at radius 1 is 1.15 bits per heavy atom. The molecule has 0 aliphatic carbocycles. The van der Waals surface area contributed by atoms with Crippen LogP contribution in [0.2, 0.25) is 0 Å². The van der Waals surface area contributed by atoms with Crippen LogP contribution in [0, 0.1) is 0 Å². The number of carboxylic acid groups (broad SMARTS) is 1. The summed E-state index contributed by atoms with van der Waals surface area (Å²) in [5, 5.41) is 15.9. The Balaban J connectivity index is 1.53. The van der Waals surface area contributed by atoms with Crippen molar-refractivity contribution in [2.45, 2.75) is 19.8 Å². The van der Waals surface area contributed by atoms with Gasteiger partial charge in [-0.2, -0.15) is 0 Å². The van der Waals surface area contributed by atoms with Crippen LogP contribution < -0.4 is 14.8 Å². The topological polar surface area (TPSA) is 93.6 Å². The number of benzene rings is 2. The number of methoxy groups -OCH3 is 1. The number of nitrogens with zero attached hydrogens (tertiary/aromatic N) is 2. The lowest BCUT2D eigenvalue weighted by Gasteiger charge is -2.15. The van der Waals surface area contributed by atoms with Gasteiger partial charge in [0.15, 0.2) is 0 Å². The molecule has 7 nitrogen and oxygen atoms in total. The minimum Gasteiger partial charge on any atom is -0.496 e. The fourth-order valence-electron chi connectivity index (χ4n) is 3.75. The van der Waals surface area contributed by atoms with E-state index in [-0.39, 0.29) is 6.42 Å². The number of carboxylic acids is 1. The van der Waals surface area contributed by atoms with E-state index in [9.17, 15) is 9.90 Å². The first kappa shape index (κ1) is 22.5. The Bertz CT molecular complexity index is 1270. The molecule has 170 valence electrons. The van der Waals surface area contributed by atoms with Crippen molar-refractivity contribution in [3.05, 3.63) is 65.3 Å². The summed E-state index contributed by atoms with van der Waals surface area (Å²) in [5.41, 5.74) is 3.15. The summed E-state index contributed by atoms with van der Waals surface area (Å²) in [5.74, 6) is 1.20. The maximum absolute atomic E-state index is 11.3. The maximum atomic E-state index is 11.3. The third-order valence-electron chi connectivity index (χ3n) is 5.23. The lowest BCUT2D eigenvalue weighted by molar-refractivity contribution is -0.136. The number of nitrogens with one attached hydrogen (secondary N) is 1. The Hall–Kier alpha value is -3.65. The van der Waals surface area contributed by atoms with Crippen molar-refractivity contribution in [2.24, 2.45) is 0 Å². The molecular weight excluding hydrogens is 438 g/mol. The second kappa shape index (κ2) is 10.3. The van der Waals surface area contributed by atoms with Crippen molar-refractivity contribution in [3.8, 4) is 22.8 Å². The summed E-state index contributed by atoms with van der Waals surface area (Å²) >= 11 is 1.70. The van der Waals surface area contributed by atoms with Crippen LogP contribution in [0.5, 0.6) is 11.5 Å². The van der Waals surface area contributed by atoms with E-state index in [0.29, 0.717) is 36.0 Å². The van der Waals surface area contributed by atoms with E-state index >= 15 is 0 Å². The molecule has 4 rings (SSSR count).